The van der Waals surface area contributed by atoms with Gasteiger partial charge in [0.1, 0.15) is 5.78 Å². The van der Waals surface area contributed by atoms with Crippen LogP contribution < -0.4 is 16.4 Å². The van der Waals surface area contributed by atoms with Crippen molar-refractivity contribution in [3.8, 4) is 0 Å². The molecular formula is C11H25N3O2. The van der Waals surface area contributed by atoms with E-state index in [0.29, 0.717) is 13.0 Å². The van der Waals surface area contributed by atoms with Crippen molar-refractivity contribution in [2.75, 3.05) is 13.6 Å². The summed E-state index contributed by atoms with van der Waals surface area (Å²) < 4.78 is 0. The zero-order valence-corrected chi connectivity index (χ0v) is 10.8. The number of ketones is 1. The highest BCUT2D eigenvalue weighted by Gasteiger charge is 2.13. The van der Waals surface area contributed by atoms with Crippen molar-refractivity contribution >= 4 is 11.8 Å². The molecule has 0 spiro atoms. The molecule has 1 atom stereocenters. The van der Waals surface area contributed by atoms with E-state index in [1.54, 1.807) is 7.05 Å². The molecule has 0 aliphatic heterocycles. The summed E-state index contributed by atoms with van der Waals surface area (Å²) in [4.78, 5) is 21.6. The summed E-state index contributed by atoms with van der Waals surface area (Å²) in [5.74, 6) is 0.201. The number of primary amides is 1. The van der Waals surface area contributed by atoms with Gasteiger partial charge in [-0.1, -0.05) is 20.8 Å². The number of hydrogen-bond acceptors (Lipinski definition) is 3. The number of likely N-dealkylation sites (N-methyl/N-ethyl adjacent to an activating group) is 1. The fraction of sp³-hybridized carbons (Fsp3) is 0.818. The van der Waals surface area contributed by atoms with Crippen LogP contribution in [0.4, 0.5) is 4.79 Å². The van der Waals surface area contributed by atoms with Crippen molar-refractivity contribution in [1.29, 1.82) is 0 Å². The number of carbonyl (C=O) groups is 2. The predicted molar refractivity (Wildman–Crippen MR) is 66.3 cm³/mol. The van der Waals surface area contributed by atoms with E-state index in [2.05, 4.69) is 10.6 Å². The van der Waals surface area contributed by atoms with Gasteiger partial charge >= 0.3 is 6.03 Å². The highest BCUT2D eigenvalue weighted by Crippen LogP contribution is 1.99. The van der Waals surface area contributed by atoms with E-state index in [4.69, 9.17) is 5.73 Å². The summed E-state index contributed by atoms with van der Waals surface area (Å²) in [6.07, 6.45) is 2.01. The molecule has 0 fully saturated rings. The average molecular weight is 231 g/mol. The van der Waals surface area contributed by atoms with Gasteiger partial charge in [0.15, 0.2) is 0 Å². The Balaban J connectivity index is 0. The van der Waals surface area contributed by atoms with Crippen LogP contribution in [0, 0.1) is 0 Å². The van der Waals surface area contributed by atoms with E-state index in [0.717, 1.165) is 12.8 Å². The van der Waals surface area contributed by atoms with E-state index in [9.17, 15) is 9.59 Å². The van der Waals surface area contributed by atoms with Gasteiger partial charge in [0.25, 0.3) is 0 Å². The molecule has 0 aliphatic carbocycles. The smallest absolute Gasteiger partial charge is 0.312 e. The molecule has 0 saturated carbocycles. The lowest BCUT2D eigenvalue weighted by Gasteiger charge is -2.13. The third kappa shape index (κ3) is 9.45. The third-order valence-corrected chi connectivity index (χ3v) is 2.05. The molecule has 0 aromatic carbocycles. The Kier molecular flexibility index (Phi) is 12.9. The SMILES string of the molecule is CC.CCC(=O)C(CCCNC(N)=O)NC. The van der Waals surface area contributed by atoms with Crippen LogP contribution in [0.25, 0.3) is 0 Å². The minimum Gasteiger partial charge on any atom is -0.352 e. The van der Waals surface area contributed by atoms with Gasteiger partial charge in [-0.15, -0.1) is 0 Å². The van der Waals surface area contributed by atoms with Crippen molar-refractivity contribution in [2.24, 2.45) is 5.73 Å². The Morgan fingerprint density at radius 2 is 1.88 bits per heavy atom. The van der Waals surface area contributed by atoms with Gasteiger partial charge in [-0.2, -0.15) is 0 Å². The fourth-order valence-electron chi connectivity index (χ4n) is 1.23. The van der Waals surface area contributed by atoms with E-state index in [-0.39, 0.29) is 11.8 Å². The number of nitrogens with two attached hydrogens (primary N) is 1. The number of rotatable bonds is 7. The molecule has 16 heavy (non-hydrogen) atoms. The molecule has 5 nitrogen and oxygen atoms in total. The second-order valence-corrected chi connectivity index (χ2v) is 3.09. The topological polar surface area (TPSA) is 84.2 Å². The number of Topliss-reactive ketones (excluding diaryl/α,β-unsaturated/α-hetero) is 1. The summed E-state index contributed by atoms with van der Waals surface area (Å²) in [5.41, 5.74) is 4.90. The molecule has 96 valence electrons. The largest absolute Gasteiger partial charge is 0.352 e. The normalized spacial score (nSPS) is 11.0. The predicted octanol–water partition coefficient (Wildman–Crippen LogP) is 1.03. The van der Waals surface area contributed by atoms with Crippen LogP contribution in [-0.4, -0.2) is 31.4 Å². The molecule has 0 aliphatic rings. The first-order valence-electron chi connectivity index (χ1n) is 5.85. The maximum absolute atomic E-state index is 11.3. The molecule has 0 radical (unpaired) electrons. The lowest BCUT2D eigenvalue weighted by Crippen LogP contribution is -2.35. The van der Waals surface area contributed by atoms with Crippen molar-refractivity contribution in [1.82, 2.24) is 10.6 Å². The van der Waals surface area contributed by atoms with Crippen LogP contribution in [0.5, 0.6) is 0 Å². The van der Waals surface area contributed by atoms with E-state index in [1.807, 2.05) is 20.8 Å². The van der Waals surface area contributed by atoms with E-state index < -0.39 is 6.03 Å². The van der Waals surface area contributed by atoms with Crippen LogP contribution in [0.15, 0.2) is 0 Å². The van der Waals surface area contributed by atoms with Crippen molar-refractivity contribution < 1.29 is 9.59 Å². The number of hydrogen-bond donors (Lipinski definition) is 3. The van der Waals surface area contributed by atoms with Crippen molar-refractivity contribution in [3.63, 3.8) is 0 Å². The fourth-order valence-corrected chi connectivity index (χ4v) is 1.23. The second kappa shape index (κ2) is 12.0. The maximum Gasteiger partial charge on any atom is 0.312 e. The lowest BCUT2D eigenvalue weighted by molar-refractivity contribution is -0.120. The summed E-state index contributed by atoms with van der Waals surface area (Å²) in [6.45, 7) is 6.36. The summed E-state index contributed by atoms with van der Waals surface area (Å²) in [6, 6.07) is -0.623. The molecule has 5 heteroatoms. The Labute approximate surface area is 98.2 Å². The van der Waals surface area contributed by atoms with Crippen LogP contribution in [0.3, 0.4) is 0 Å². The Morgan fingerprint density at radius 3 is 2.25 bits per heavy atom. The van der Waals surface area contributed by atoms with Crippen LogP contribution >= 0.6 is 0 Å². The second-order valence-electron chi connectivity index (χ2n) is 3.09. The standard InChI is InChI=1S/C9H19N3O2.C2H6/c1-3-8(13)7(11-2)5-4-6-12-9(10)14;1-2/h7,11H,3-6H2,1-2H3,(H3,10,12,14);1-2H3. The number of amides is 2. The van der Waals surface area contributed by atoms with Crippen molar-refractivity contribution in [2.45, 2.75) is 46.1 Å². The first kappa shape index (κ1) is 17.3. The quantitative estimate of drug-likeness (QED) is 0.572. The highest BCUT2D eigenvalue weighted by molar-refractivity contribution is 5.83. The van der Waals surface area contributed by atoms with Crippen LogP contribution in [0.1, 0.15) is 40.0 Å². The molecule has 4 N–H and O–H groups in total. The molecule has 1 unspecified atom stereocenters. The monoisotopic (exact) mass is 231 g/mol. The molecule has 0 rings (SSSR count). The molecule has 0 bridgehead atoms. The van der Waals surface area contributed by atoms with Gasteiger partial charge < -0.3 is 16.4 Å². The Morgan fingerprint density at radius 1 is 1.31 bits per heavy atom. The Hall–Kier alpha value is -1.10. The molecule has 0 saturated heterocycles. The minimum absolute atomic E-state index is 0.102. The zero-order valence-electron chi connectivity index (χ0n) is 10.8. The molecule has 0 aromatic heterocycles. The number of carbonyl (C=O) groups excluding carboxylic acids is 2. The van der Waals surface area contributed by atoms with Gasteiger partial charge in [-0.25, -0.2) is 4.79 Å². The average Bonchev–Trinajstić information content (AvgIpc) is 2.30. The van der Waals surface area contributed by atoms with Crippen LogP contribution in [0.2, 0.25) is 0 Å². The number of nitrogens with one attached hydrogen (secondary N) is 2. The summed E-state index contributed by atoms with van der Waals surface area (Å²) >= 11 is 0. The van der Waals surface area contributed by atoms with E-state index in [1.165, 1.54) is 0 Å². The number of urea groups is 1. The van der Waals surface area contributed by atoms with Gasteiger partial charge in [0, 0.05) is 13.0 Å². The summed E-state index contributed by atoms with van der Waals surface area (Å²) in [7, 11) is 1.76. The van der Waals surface area contributed by atoms with Crippen LogP contribution in [-0.2, 0) is 4.79 Å². The molecule has 0 heterocycles. The minimum atomic E-state index is -0.521. The van der Waals surface area contributed by atoms with Gasteiger partial charge in [-0.05, 0) is 19.9 Å². The summed E-state index contributed by atoms with van der Waals surface area (Å²) in [5, 5.41) is 5.43. The van der Waals surface area contributed by atoms with Crippen molar-refractivity contribution in [3.05, 3.63) is 0 Å². The highest BCUT2D eigenvalue weighted by atomic mass is 16.2. The van der Waals surface area contributed by atoms with E-state index >= 15 is 0 Å². The van der Waals surface area contributed by atoms with Gasteiger partial charge in [0.2, 0.25) is 0 Å². The first-order chi connectivity index (χ1) is 7.61. The first-order valence-corrected chi connectivity index (χ1v) is 5.85. The molecular weight excluding hydrogens is 206 g/mol. The van der Waals surface area contributed by atoms with Gasteiger partial charge in [-0.3, -0.25) is 4.79 Å². The zero-order chi connectivity index (χ0) is 13.0. The maximum atomic E-state index is 11.3. The third-order valence-electron chi connectivity index (χ3n) is 2.05. The molecule has 2 amide bonds. The lowest BCUT2D eigenvalue weighted by atomic mass is 10.1. The molecule has 0 aromatic rings. The van der Waals surface area contributed by atoms with Gasteiger partial charge in [0.05, 0.1) is 6.04 Å². The Bertz CT molecular complexity index is 196.